The highest BCUT2D eigenvalue weighted by Gasteiger charge is 2.35. The van der Waals surface area contributed by atoms with Crippen LogP contribution in [0.15, 0.2) is 0 Å². The summed E-state index contributed by atoms with van der Waals surface area (Å²) < 4.78 is 0. The third-order valence-corrected chi connectivity index (χ3v) is 8.20. The van der Waals surface area contributed by atoms with E-state index in [1.54, 1.807) is 0 Å². The average molecular weight is 361 g/mol. The predicted octanol–water partition coefficient (Wildman–Crippen LogP) is 7.72. The summed E-state index contributed by atoms with van der Waals surface area (Å²) in [5, 5.41) is 0. The van der Waals surface area contributed by atoms with E-state index in [2.05, 4.69) is 6.92 Å². The second kappa shape index (κ2) is 10.9. The van der Waals surface area contributed by atoms with Crippen molar-refractivity contribution in [2.24, 2.45) is 29.6 Å². The fraction of sp³-hybridized carbons (Fsp3) is 0.960. The molecular formula is C25H44O. The van der Waals surface area contributed by atoms with Crippen molar-refractivity contribution in [2.75, 3.05) is 0 Å². The number of hydrogen-bond acceptors (Lipinski definition) is 1. The van der Waals surface area contributed by atoms with Crippen LogP contribution in [0.2, 0.25) is 0 Å². The standard InChI is InChI=1S/C25H44O/c1-2-3-4-5-6-7-20-8-10-21(11-9-20)12-13-22-14-15-24-19-25(26)17-16-23(24)18-22/h20-24H,2-19H2,1H3. The van der Waals surface area contributed by atoms with Crippen molar-refractivity contribution < 1.29 is 4.79 Å². The summed E-state index contributed by atoms with van der Waals surface area (Å²) in [5.74, 6) is 5.29. The largest absolute Gasteiger partial charge is 0.300 e. The van der Waals surface area contributed by atoms with Crippen molar-refractivity contribution in [3.05, 3.63) is 0 Å². The lowest BCUT2D eigenvalue weighted by atomic mass is 9.66. The van der Waals surface area contributed by atoms with Gasteiger partial charge < -0.3 is 0 Å². The first-order chi connectivity index (χ1) is 12.7. The van der Waals surface area contributed by atoms with Crippen LogP contribution in [0.5, 0.6) is 0 Å². The molecule has 3 atom stereocenters. The summed E-state index contributed by atoms with van der Waals surface area (Å²) in [5.41, 5.74) is 0. The molecule has 3 rings (SSSR count). The SMILES string of the molecule is CCCCCCCC1CCC(CCC2CCC3CC(=O)CCC3C2)CC1. The zero-order valence-corrected chi connectivity index (χ0v) is 17.5. The van der Waals surface area contributed by atoms with E-state index >= 15 is 0 Å². The molecule has 26 heavy (non-hydrogen) atoms. The number of ketones is 1. The van der Waals surface area contributed by atoms with Crippen molar-refractivity contribution in [1.82, 2.24) is 0 Å². The Morgan fingerprint density at radius 1 is 0.692 bits per heavy atom. The minimum atomic E-state index is 0.548. The number of unbranched alkanes of at least 4 members (excludes halogenated alkanes) is 4. The smallest absolute Gasteiger partial charge is 0.133 e. The summed E-state index contributed by atoms with van der Waals surface area (Å²) in [6, 6.07) is 0. The van der Waals surface area contributed by atoms with E-state index in [0.29, 0.717) is 5.78 Å². The van der Waals surface area contributed by atoms with Crippen molar-refractivity contribution in [1.29, 1.82) is 0 Å². The maximum Gasteiger partial charge on any atom is 0.133 e. The van der Waals surface area contributed by atoms with Gasteiger partial charge in [-0.1, -0.05) is 90.4 Å². The maximum atomic E-state index is 11.7. The zero-order valence-electron chi connectivity index (χ0n) is 17.5. The highest BCUT2D eigenvalue weighted by atomic mass is 16.1. The van der Waals surface area contributed by atoms with Gasteiger partial charge in [-0.05, 0) is 48.9 Å². The maximum absolute atomic E-state index is 11.7. The fourth-order valence-corrected chi connectivity index (χ4v) is 6.37. The first-order valence-corrected chi connectivity index (χ1v) is 12.3. The fourth-order valence-electron chi connectivity index (χ4n) is 6.37. The van der Waals surface area contributed by atoms with Crippen LogP contribution in [0.4, 0.5) is 0 Å². The van der Waals surface area contributed by atoms with E-state index in [4.69, 9.17) is 0 Å². The van der Waals surface area contributed by atoms with E-state index in [0.717, 1.165) is 42.4 Å². The normalized spacial score (nSPS) is 35.3. The molecule has 1 nitrogen and oxygen atoms in total. The van der Waals surface area contributed by atoms with Gasteiger partial charge in [0.2, 0.25) is 0 Å². The van der Waals surface area contributed by atoms with Gasteiger partial charge in [0, 0.05) is 12.8 Å². The van der Waals surface area contributed by atoms with Crippen molar-refractivity contribution in [2.45, 2.75) is 122 Å². The van der Waals surface area contributed by atoms with E-state index in [1.165, 1.54) is 103 Å². The van der Waals surface area contributed by atoms with Gasteiger partial charge in [0.1, 0.15) is 5.78 Å². The first-order valence-electron chi connectivity index (χ1n) is 12.3. The number of fused-ring (bicyclic) bond motifs is 1. The van der Waals surface area contributed by atoms with Gasteiger partial charge in [0.15, 0.2) is 0 Å². The summed E-state index contributed by atoms with van der Waals surface area (Å²) in [6.07, 6.45) is 25.1. The third-order valence-electron chi connectivity index (χ3n) is 8.20. The molecule has 0 aromatic carbocycles. The van der Waals surface area contributed by atoms with Gasteiger partial charge in [-0.2, -0.15) is 0 Å². The summed E-state index contributed by atoms with van der Waals surface area (Å²) in [4.78, 5) is 11.7. The van der Waals surface area contributed by atoms with Gasteiger partial charge in [0.25, 0.3) is 0 Å². The molecule has 0 heterocycles. The van der Waals surface area contributed by atoms with Crippen LogP contribution in [0.25, 0.3) is 0 Å². The molecule has 150 valence electrons. The van der Waals surface area contributed by atoms with Crippen LogP contribution < -0.4 is 0 Å². The van der Waals surface area contributed by atoms with Gasteiger partial charge in [-0.15, -0.1) is 0 Å². The van der Waals surface area contributed by atoms with Gasteiger partial charge in [0.05, 0.1) is 0 Å². The van der Waals surface area contributed by atoms with E-state index in [-0.39, 0.29) is 0 Å². The predicted molar refractivity (Wildman–Crippen MR) is 111 cm³/mol. The van der Waals surface area contributed by atoms with Crippen molar-refractivity contribution >= 4 is 5.78 Å². The molecule has 0 spiro atoms. The Hall–Kier alpha value is -0.330. The highest BCUT2D eigenvalue weighted by Crippen LogP contribution is 2.44. The molecule has 1 heteroatoms. The Morgan fingerprint density at radius 3 is 2.12 bits per heavy atom. The number of carbonyl (C=O) groups is 1. The van der Waals surface area contributed by atoms with Crippen LogP contribution in [-0.4, -0.2) is 5.78 Å². The van der Waals surface area contributed by atoms with Crippen LogP contribution in [0.1, 0.15) is 122 Å². The molecule has 3 fully saturated rings. The molecule has 0 N–H and O–H groups in total. The minimum absolute atomic E-state index is 0.548. The molecule has 0 aromatic rings. The third kappa shape index (κ3) is 6.38. The van der Waals surface area contributed by atoms with Crippen molar-refractivity contribution in [3.8, 4) is 0 Å². The average Bonchev–Trinajstić information content (AvgIpc) is 2.67. The zero-order chi connectivity index (χ0) is 18.2. The summed E-state index contributed by atoms with van der Waals surface area (Å²) in [7, 11) is 0. The molecule has 0 saturated heterocycles. The molecule has 3 unspecified atom stereocenters. The minimum Gasteiger partial charge on any atom is -0.300 e. The van der Waals surface area contributed by atoms with Crippen LogP contribution in [0.3, 0.4) is 0 Å². The molecule has 0 bridgehead atoms. The monoisotopic (exact) mass is 360 g/mol. The molecule has 0 aromatic heterocycles. The second-order valence-corrected chi connectivity index (χ2v) is 10.1. The Labute approximate surface area is 163 Å². The van der Waals surface area contributed by atoms with Gasteiger partial charge in [-0.3, -0.25) is 4.79 Å². The van der Waals surface area contributed by atoms with Crippen LogP contribution in [-0.2, 0) is 4.79 Å². The van der Waals surface area contributed by atoms with Gasteiger partial charge >= 0.3 is 0 Å². The Balaban J connectivity index is 1.25. The van der Waals surface area contributed by atoms with E-state index in [1.807, 2.05) is 0 Å². The molecule has 3 aliphatic rings. The lowest BCUT2D eigenvalue weighted by Crippen LogP contribution is -2.31. The summed E-state index contributed by atoms with van der Waals surface area (Å²) >= 11 is 0. The number of Topliss-reactive ketones (excluding diaryl/α,β-unsaturated/α-hetero) is 1. The van der Waals surface area contributed by atoms with Gasteiger partial charge in [-0.25, -0.2) is 0 Å². The molecule has 0 aliphatic heterocycles. The quantitative estimate of drug-likeness (QED) is 0.385. The second-order valence-electron chi connectivity index (χ2n) is 10.1. The topological polar surface area (TPSA) is 17.1 Å². The lowest BCUT2D eigenvalue weighted by molar-refractivity contribution is -0.123. The summed E-state index contributed by atoms with van der Waals surface area (Å²) in [6.45, 7) is 2.31. The van der Waals surface area contributed by atoms with Crippen LogP contribution in [0, 0.1) is 29.6 Å². The number of hydrogen-bond donors (Lipinski definition) is 0. The van der Waals surface area contributed by atoms with Crippen LogP contribution >= 0.6 is 0 Å². The molecule has 3 saturated carbocycles. The Kier molecular flexibility index (Phi) is 8.53. The van der Waals surface area contributed by atoms with E-state index in [9.17, 15) is 4.79 Å². The lowest BCUT2D eigenvalue weighted by Gasteiger charge is -2.39. The number of rotatable bonds is 9. The van der Waals surface area contributed by atoms with Crippen molar-refractivity contribution in [3.63, 3.8) is 0 Å². The van der Waals surface area contributed by atoms with E-state index < -0.39 is 0 Å². The Morgan fingerprint density at radius 2 is 1.35 bits per heavy atom. The highest BCUT2D eigenvalue weighted by molar-refractivity contribution is 5.79. The molecule has 0 amide bonds. The molecular weight excluding hydrogens is 316 g/mol. The molecule has 0 radical (unpaired) electrons. The number of carbonyl (C=O) groups excluding carboxylic acids is 1. The first kappa shape index (κ1) is 20.4. The molecule has 3 aliphatic carbocycles. The Bertz CT molecular complexity index is 406.